The van der Waals surface area contributed by atoms with Crippen LogP contribution in [-0.2, 0) is 0 Å². The first-order valence-electron chi connectivity index (χ1n) is 3.04. The predicted octanol–water partition coefficient (Wildman–Crippen LogP) is 3.20. The lowest BCUT2D eigenvalue weighted by atomic mass is 10.2. The zero-order valence-corrected chi connectivity index (χ0v) is 9.74. The molecule has 0 unspecified atom stereocenters. The molecule has 12 heavy (non-hydrogen) atoms. The fraction of sp³-hybridized carbons (Fsp3) is 0.143. The summed E-state index contributed by atoms with van der Waals surface area (Å²) in [6.45, 7) is 1.41. The third kappa shape index (κ3) is 1.89. The Morgan fingerprint density at radius 1 is 1.58 bits per heavy atom. The Bertz CT molecular complexity index is 340. The zero-order valence-electron chi connectivity index (χ0n) is 6.07. The lowest BCUT2D eigenvalue weighted by molar-refractivity contribution is 0.101. The van der Waals surface area contributed by atoms with Gasteiger partial charge in [0.05, 0.1) is 14.2 Å². The van der Waals surface area contributed by atoms with Crippen LogP contribution in [0.4, 0.5) is 0 Å². The van der Waals surface area contributed by atoms with Crippen molar-refractivity contribution in [3.63, 3.8) is 0 Å². The molecule has 1 rings (SSSR count). The van der Waals surface area contributed by atoms with Crippen molar-refractivity contribution < 1.29 is 4.79 Å². The Hall–Kier alpha value is 0.130. The van der Waals surface area contributed by atoms with Gasteiger partial charge in [-0.3, -0.25) is 4.79 Å². The van der Waals surface area contributed by atoms with Crippen LogP contribution in [0.5, 0.6) is 0 Å². The van der Waals surface area contributed by atoms with Gasteiger partial charge in [-0.25, -0.2) is 4.98 Å². The van der Waals surface area contributed by atoms with Gasteiger partial charge in [0.25, 0.3) is 0 Å². The molecule has 0 aliphatic heterocycles. The lowest BCUT2D eigenvalue weighted by Gasteiger charge is -2.02. The minimum atomic E-state index is -0.170. The summed E-state index contributed by atoms with van der Waals surface area (Å²) >= 11 is 13.5. The molecule has 0 aliphatic rings. The van der Waals surface area contributed by atoms with E-state index in [2.05, 4.69) is 4.98 Å². The highest BCUT2D eigenvalue weighted by Gasteiger charge is 2.13. The number of pyridine rings is 1. The van der Waals surface area contributed by atoms with E-state index >= 15 is 0 Å². The average molecular weight is 316 g/mol. The second-order valence-corrected chi connectivity index (χ2v) is 4.04. The molecule has 0 fully saturated rings. The summed E-state index contributed by atoms with van der Waals surface area (Å²) in [5.41, 5.74) is 0.297. The van der Waals surface area contributed by atoms with Crippen LogP contribution in [0.2, 0.25) is 10.2 Å². The van der Waals surface area contributed by atoms with Crippen molar-refractivity contribution >= 4 is 51.6 Å². The number of Topliss-reactive ketones (excluding diaryl/α,β-unsaturated/α-hetero) is 1. The smallest absolute Gasteiger partial charge is 0.164 e. The maximum atomic E-state index is 11.0. The Morgan fingerprint density at radius 3 is 2.58 bits per heavy atom. The molecule has 1 aromatic heterocycles. The minimum Gasteiger partial charge on any atom is -0.294 e. The molecule has 0 amide bonds. The molecule has 0 spiro atoms. The van der Waals surface area contributed by atoms with E-state index in [9.17, 15) is 4.79 Å². The van der Waals surface area contributed by atoms with Crippen molar-refractivity contribution in [2.45, 2.75) is 6.92 Å². The Morgan fingerprint density at radius 2 is 2.17 bits per heavy atom. The summed E-state index contributed by atoms with van der Waals surface area (Å²) in [6.07, 6.45) is 1.53. The van der Waals surface area contributed by atoms with Crippen LogP contribution in [-0.4, -0.2) is 10.8 Å². The zero-order chi connectivity index (χ0) is 9.30. The van der Waals surface area contributed by atoms with Gasteiger partial charge in [-0.2, -0.15) is 0 Å². The number of hydrogen-bond donors (Lipinski definition) is 0. The number of carbonyl (C=O) groups excluding carboxylic acids is 1. The van der Waals surface area contributed by atoms with Gasteiger partial charge in [0.15, 0.2) is 5.78 Å². The third-order valence-corrected chi connectivity index (χ3v) is 3.09. The third-order valence-electron chi connectivity index (χ3n) is 1.28. The maximum Gasteiger partial charge on any atom is 0.164 e. The van der Waals surface area contributed by atoms with E-state index in [1.54, 1.807) is 0 Å². The second kappa shape index (κ2) is 3.89. The maximum absolute atomic E-state index is 11.0. The Balaban J connectivity index is 3.43. The molecule has 0 atom stereocenters. The van der Waals surface area contributed by atoms with E-state index in [1.807, 2.05) is 22.6 Å². The molecular weight excluding hydrogens is 312 g/mol. The minimum absolute atomic E-state index is 0.160. The quantitative estimate of drug-likeness (QED) is 0.452. The van der Waals surface area contributed by atoms with Crippen LogP contribution in [0.1, 0.15) is 17.3 Å². The molecule has 0 radical (unpaired) electrons. The van der Waals surface area contributed by atoms with Gasteiger partial charge in [-0.15, -0.1) is 0 Å². The molecule has 1 aromatic rings. The summed E-state index contributed by atoms with van der Waals surface area (Å²) in [6, 6.07) is 0. The standard InChI is InChI=1S/C7H4Cl2INO/c1-3(12)5-6(8)4(10)2-11-7(5)9/h2H,1H3. The van der Waals surface area contributed by atoms with Crippen molar-refractivity contribution in [1.29, 1.82) is 0 Å². The summed E-state index contributed by atoms with van der Waals surface area (Å²) in [4.78, 5) is 14.8. The number of halogens is 3. The lowest BCUT2D eigenvalue weighted by Crippen LogP contribution is -1.98. The number of nitrogens with zero attached hydrogens (tertiary/aromatic N) is 1. The van der Waals surface area contributed by atoms with E-state index in [0.717, 1.165) is 3.57 Å². The molecule has 0 saturated heterocycles. The summed E-state index contributed by atoms with van der Waals surface area (Å²) in [7, 11) is 0. The second-order valence-electron chi connectivity index (χ2n) is 2.14. The first kappa shape index (κ1) is 10.2. The van der Waals surface area contributed by atoms with Crippen LogP contribution in [0.15, 0.2) is 6.20 Å². The topological polar surface area (TPSA) is 30.0 Å². The van der Waals surface area contributed by atoms with E-state index in [0.29, 0.717) is 10.6 Å². The number of aromatic nitrogens is 1. The van der Waals surface area contributed by atoms with Gasteiger partial charge in [0.2, 0.25) is 0 Å². The van der Waals surface area contributed by atoms with Crippen molar-refractivity contribution in [3.8, 4) is 0 Å². The van der Waals surface area contributed by atoms with Gasteiger partial charge >= 0.3 is 0 Å². The highest BCUT2D eigenvalue weighted by atomic mass is 127. The first-order valence-corrected chi connectivity index (χ1v) is 4.88. The highest BCUT2D eigenvalue weighted by Crippen LogP contribution is 2.27. The van der Waals surface area contributed by atoms with Crippen molar-refractivity contribution in [1.82, 2.24) is 4.98 Å². The molecule has 1 heterocycles. The van der Waals surface area contributed by atoms with E-state index < -0.39 is 0 Å². The molecule has 0 saturated carbocycles. The number of carbonyl (C=O) groups is 1. The Labute approximate surface area is 93.4 Å². The number of ketones is 1. The average Bonchev–Trinajstić information content (AvgIpc) is 1.97. The van der Waals surface area contributed by atoms with Crippen molar-refractivity contribution in [2.24, 2.45) is 0 Å². The molecular formula is C7H4Cl2INO. The highest BCUT2D eigenvalue weighted by molar-refractivity contribution is 14.1. The number of rotatable bonds is 1. The summed E-state index contributed by atoms with van der Waals surface area (Å²) < 4.78 is 0.726. The molecule has 0 aliphatic carbocycles. The number of hydrogen-bond acceptors (Lipinski definition) is 2. The van der Waals surface area contributed by atoms with Crippen LogP contribution in [0.25, 0.3) is 0 Å². The summed E-state index contributed by atoms with van der Waals surface area (Å²) in [5, 5.41) is 0.538. The van der Waals surface area contributed by atoms with Crippen molar-refractivity contribution in [2.75, 3.05) is 0 Å². The fourth-order valence-corrected chi connectivity index (χ4v) is 1.75. The molecule has 5 heteroatoms. The van der Waals surface area contributed by atoms with E-state index in [-0.39, 0.29) is 10.9 Å². The molecule has 0 N–H and O–H groups in total. The first-order chi connectivity index (χ1) is 5.54. The van der Waals surface area contributed by atoms with E-state index in [4.69, 9.17) is 23.2 Å². The molecule has 64 valence electrons. The van der Waals surface area contributed by atoms with Crippen LogP contribution < -0.4 is 0 Å². The van der Waals surface area contributed by atoms with Crippen LogP contribution in [0, 0.1) is 3.57 Å². The van der Waals surface area contributed by atoms with Gasteiger partial charge in [-0.05, 0) is 29.5 Å². The molecule has 2 nitrogen and oxygen atoms in total. The van der Waals surface area contributed by atoms with Crippen LogP contribution >= 0.6 is 45.8 Å². The van der Waals surface area contributed by atoms with Crippen molar-refractivity contribution in [3.05, 3.63) is 25.5 Å². The predicted molar refractivity (Wildman–Crippen MR) is 57.0 cm³/mol. The van der Waals surface area contributed by atoms with E-state index in [1.165, 1.54) is 13.1 Å². The molecule has 0 aromatic carbocycles. The normalized spacial score (nSPS) is 10.0. The largest absolute Gasteiger partial charge is 0.294 e. The Kier molecular flexibility index (Phi) is 3.31. The van der Waals surface area contributed by atoms with Crippen LogP contribution in [0.3, 0.4) is 0 Å². The monoisotopic (exact) mass is 315 g/mol. The van der Waals surface area contributed by atoms with Gasteiger partial charge < -0.3 is 0 Å². The molecule has 0 bridgehead atoms. The van der Waals surface area contributed by atoms with Gasteiger partial charge in [-0.1, -0.05) is 23.2 Å². The summed E-state index contributed by atoms with van der Waals surface area (Å²) in [5.74, 6) is -0.170. The fourth-order valence-electron chi connectivity index (χ4n) is 0.744. The van der Waals surface area contributed by atoms with Gasteiger partial charge in [0, 0.05) is 6.20 Å². The SMILES string of the molecule is CC(=O)c1c(Cl)ncc(I)c1Cl. The van der Waals surface area contributed by atoms with Gasteiger partial charge in [0.1, 0.15) is 5.15 Å².